The molecular weight excluding hydrogens is 423 g/mol. The monoisotopic (exact) mass is 454 g/mol. The lowest BCUT2D eigenvalue weighted by molar-refractivity contribution is -0.247. The number of fused-ring (bicyclic) bond motifs is 7. The molecule has 8 atom stereocenters. The van der Waals surface area contributed by atoms with Crippen molar-refractivity contribution in [3.8, 4) is 0 Å². The number of aliphatic hydroxyl groups is 1. The van der Waals surface area contributed by atoms with Crippen molar-refractivity contribution in [3.05, 3.63) is 11.6 Å². The van der Waals surface area contributed by atoms with Crippen LogP contribution in [0.25, 0.3) is 0 Å². The van der Waals surface area contributed by atoms with Crippen molar-refractivity contribution in [2.45, 2.75) is 95.5 Å². The fraction of sp³-hybridized carbons (Fsp3) is 0.833. The lowest BCUT2D eigenvalue weighted by Gasteiger charge is -2.63. The van der Waals surface area contributed by atoms with Gasteiger partial charge in [-0.2, -0.15) is 0 Å². The molecule has 3 saturated carbocycles. The predicted molar refractivity (Wildman–Crippen MR) is 112 cm³/mol. The van der Waals surface area contributed by atoms with Crippen LogP contribution in [0.5, 0.6) is 0 Å². The highest BCUT2D eigenvalue weighted by Gasteiger charge is 2.79. The molecule has 0 spiro atoms. The van der Waals surface area contributed by atoms with E-state index < -0.39 is 46.0 Å². The summed E-state index contributed by atoms with van der Waals surface area (Å²) in [5, 5.41) is 11.4. The predicted octanol–water partition coefficient (Wildman–Crippen LogP) is 3.89. The number of hydrogen-bond donors (Lipinski definition) is 1. The third-order valence-corrected chi connectivity index (χ3v) is 9.79. The lowest BCUT2D eigenvalue weighted by Crippen LogP contribution is -2.70. The third kappa shape index (κ3) is 2.43. The molecule has 7 heteroatoms. The fourth-order valence-corrected chi connectivity index (χ4v) is 8.38. The van der Waals surface area contributed by atoms with Crippen LogP contribution in [0, 0.1) is 22.7 Å². The van der Waals surface area contributed by atoms with Crippen molar-refractivity contribution < 1.29 is 28.6 Å². The van der Waals surface area contributed by atoms with Gasteiger partial charge in [0, 0.05) is 29.6 Å². The van der Waals surface area contributed by atoms with Crippen molar-refractivity contribution in [1.82, 2.24) is 0 Å². The average Bonchev–Trinajstić information content (AvgIpc) is 3.09. The number of hydrogen-bond acceptors (Lipinski definition) is 5. The van der Waals surface area contributed by atoms with E-state index in [1.54, 1.807) is 13.8 Å². The maximum absolute atomic E-state index is 17.2. The third-order valence-electron chi connectivity index (χ3n) is 9.55. The van der Waals surface area contributed by atoms with Crippen molar-refractivity contribution in [3.63, 3.8) is 0 Å². The number of ether oxygens (including phenoxy) is 2. The van der Waals surface area contributed by atoms with Crippen molar-refractivity contribution in [2.75, 3.05) is 5.88 Å². The van der Waals surface area contributed by atoms with Gasteiger partial charge in [0.25, 0.3) is 0 Å². The number of halogens is 2. The van der Waals surface area contributed by atoms with E-state index in [0.29, 0.717) is 25.7 Å². The van der Waals surface area contributed by atoms with Crippen molar-refractivity contribution in [2.24, 2.45) is 22.7 Å². The number of aliphatic hydroxyl groups excluding tert-OH is 1. The summed E-state index contributed by atoms with van der Waals surface area (Å²) in [5.41, 5.74) is -4.01. The van der Waals surface area contributed by atoms with Crippen LogP contribution in [0.4, 0.5) is 4.39 Å². The summed E-state index contributed by atoms with van der Waals surface area (Å²) < 4.78 is 29.7. The zero-order valence-corrected chi connectivity index (χ0v) is 19.4. The standard InChI is InChI=1S/C24H32ClFO5/c1-20(2)30-19-10-16-15-6-5-13-9-14(27)7-8-21(13,3)23(15,26)17(28)11-22(16,4)24(19,31-20)18(29)12-25/h5,15-17,19,28H,6-12H2,1-4H3/t15-,16-,17-,19+,21-,22-,23-,24+/m0/s1. The maximum Gasteiger partial charge on any atom is 0.182 e. The van der Waals surface area contributed by atoms with Gasteiger partial charge in [-0.25, -0.2) is 4.39 Å². The molecule has 0 radical (unpaired) electrons. The minimum Gasteiger partial charge on any atom is -0.390 e. The van der Waals surface area contributed by atoms with E-state index >= 15 is 4.39 Å². The van der Waals surface area contributed by atoms with Crippen LogP contribution in [0.2, 0.25) is 0 Å². The molecule has 4 aliphatic carbocycles. The molecule has 5 aliphatic rings. The second-order valence-electron chi connectivity index (χ2n) is 11.3. The Kier molecular flexibility index (Phi) is 4.54. The molecule has 0 aromatic carbocycles. The van der Waals surface area contributed by atoms with Gasteiger partial charge in [-0.15, -0.1) is 11.6 Å². The first-order chi connectivity index (χ1) is 14.4. The summed E-state index contributed by atoms with van der Waals surface area (Å²) in [7, 11) is 0. The maximum atomic E-state index is 17.2. The highest BCUT2D eigenvalue weighted by atomic mass is 35.5. The normalized spacial score (nSPS) is 52.6. The summed E-state index contributed by atoms with van der Waals surface area (Å²) in [6.07, 6.45) is 2.25. The minimum absolute atomic E-state index is 0.0973. The molecule has 5 nitrogen and oxygen atoms in total. The van der Waals surface area contributed by atoms with Crippen LogP contribution in [-0.4, -0.2) is 51.8 Å². The van der Waals surface area contributed by atoms with Gasteiger partial charge in [0.15, 0.2) is 17.2 Å². The van der Waals surface area contributed by atoms with Gasteiger partial charge in [-0.3, -0.25) is 9.59 Å². The molecule has 5 rings (SSSR count). The number of allylic oxidation sites excluding steroid dienone is 2. The van der Waals surface area contributed by atoms with Crippen LogP contribution >= 0.6 is 11.6 Å². The van der Waals surface area contributed by atoms with E-state index in [-0.39, 0.29) is 36.2 Å². The molecule has 0 unspecified atom stereocenters. The highest BCUT2D eigenvalue weighted by Crippen LogP contribution is 2.72. The Hall–Kier alpha value is -0.820. The number of carbonyl (C=O) groups excluding carboxylic acids is 2. The molecule has 0 aromatic heterocycles. The molecule has 0 amide bonds. The van der Waals surface area contributed by atoms with E-state index in [9.17, 15) is 14.7 Å². The number of rotatable bonds is 2. The molecule has 31 heavy (non-hydrogen) atoms. The van der Waals surface area contributed by atoms with Crippen LogP contribution in [0.1, 0.15) is 66.2 Å². The zero-order chi connectivity index (χ0) is 22.6. The number of alkyl halides is 2. The molecule has 1 heterocycles. The second kappa shape index (κ2) is 6.40. The fourth-order valence-electron chi connectivity index (χ4n) is 8.19. The molecule has 4 fully saturated rings. The first-order valence-electron chi connectivity index (χ1n) is 11.4. The molecular formula is C24H32ClFO5. The van der Waals surface area contributed by atoms with Gasteiger partial charge in [-0.1, -0.05) is 25.5 Å². The van der Waals surface area contributed by atoms with E-state index in [0.717, 1.165) is 5.57 Å². The van der Waals surface area contributed by atoms with Crippen molar-refractivity contribution >= 4 is 23.2 Å². The summed E-state index contributed by atoms with van der Waals surface area (Å²) in [6, 6.07) is 0. The van der Waals surface area contributed by atoms with Crippen LogP contribution < -0.4 is 0 Å². The van der Waals surface area contributed by atoms with Crippen LogP contribution in [0.3, 0.4) is 0 Å². The highest BCUT2D eigenvalue weighted by molar-refractivity contribution is 6.29. The summed E-state index contributed by atoms with van der Waals surface area (Å²) in [6.45, 7) is 7.37. The quantitative estimate of drug-likeness (QED) is 0.506. The first-order valence-corrected chi connectivity index (χ1v) is 11.9. The van der Waals surface area contributed by atoms with Crippen molar-refractivity contribution in [1.29, 1.82) is 0 Å². The Morgan fingerprint density at radius 1 is 1.29 bits per heavy atom. The summed E-state index contributed by atoms with van der Waals surface area (Å²) in [4.78, 5) is 25.4. The second-order valence-corrected chi connectivity index (χ2v) is 11.5. The van der Waals surface area contributed by atoms with Gasteiger partial charge in [0.05, 0.1) is 18.1 Å². The summed E-state index contributed by atoms with van der Waals surface area (Å²) in [5.74, 6) is -1.98. The Morgan fingerprint density at radius 2 is 2.00 bits per heavy atom. The van der Waals surface area contributed by atoms with Gasteiger partial charge in [0.2, 0.25) is 0 Å². The molecule has 1 N–H and O–H groups in total. The number of carbonyl (C=O) groups is 2. The van der Waals surface area contributed by atoms with Gasteiger partial charge in [-0.05, 0) is 45.4 Å². The Labute approximate surface area is 187 Å². The van der Waals surface area contributed by atoms with Gasteiger partial charge in [0.1, 0.15) is 11.5 Å². The molecule has 0 bridgehead atoms. The summed E-state index contributed by atoms with van der Waals surface area (Å²) >= 11 is 6.04. The number of Topliss-reactive ketones (excluding diaryl/α,β-unsaturated/α-hetero) is 2. The zero-order valence-electron chi connectivity index (χ0n) is 18.7. The van der Waals surface area contributed by atoms with Gasteiger partial charge < -0.3 is 14.6 Å². The van der Waals surface area contributed by atoms with E-state index in [1.165, 1.54) is 0 Å². The Morgan fingerprint density at radius 3 is 2.68 bits per heavy atom. The molecule has 172 valence electrons. The van der Waals surface area contributed by atoms with E-state index in [4.69, 9.17) is 21.1 Å². The van der Waals surface area contributed by atoms with Crippen LogP contribution in [0.15, 0.2) is 11.6 Å². The topological polar surface area (TPSA) is 72.8 Å². The smallest absolute Gasteiger partial charge is 0.182 e. The molecule has 0 aromatic rings. The SMILES string of the molecule is CC1(C)O[C@@H]2C[C@H]3[C@@H]4CC=C5CC(=O)CC[C@]5(C)[C@@]4(F)[C@@H](O)C[C@]3(C)[C@]2(C(=O)CCl)O1. The average molecular weight is 455 g/mol. The Balaban J connectivity index is 1.63. The molecule has 1 aliphatic heterocycles. The number of ketones is 2. The lowest BCUT2D eigenvalue weighted by atomic mass is 9.44. The minimum atomic E-state index is -1.86. The van der Waals surface area contributed by atoms with E-state index in [2.05, 4.69) is 0 Å². The Bertz CT molecular complexity index is 887. The largest absolute Gasteiger partial charge is 0.390 e. The van der Waals surface area contributed by atoms with E-state index in [1.807, 2.05) is 19.9 Å². The van der Waals surface area contributed by atoms with Crippen LogP contribution in [-0.2, 0) is 19.1 Å². The van der Waals surface area contributed by atoms with Gasteiger partial charge >= 0.3 is 0 Å². The first kappa shape index (κ1) is 22.0. The molecule has 1 saturated heterocycles.